The van der Waals surface area contributed by atoms with Crippen molar-refractivity contribution in [1.29, 1.82) is 0 Å². The number of aromatic nitrogens is 4. The van der Waals surface area contributed by atoms with E-state index in [-0.39, 0.29) is 5.92 Å². The van der Waals surface area contributed by atoms with Crippen LogP contribution >= 0.6 is 0 Å². The van der Waals surface area contributed by atoms with E-state index in [1.54, 1.807) is 0 Å². The summed E-state index contributed by atoms with van der Waals surface area (Å²) < 4.78 is 8.94. The summed E-state index contributed by atoms with van der Waals surface area (Å²) in [6.45, 7) is 0. The van der Waals surface area contributed by atoms with Crippen LogP contribution in [0.4, 0.5) is 0 Å². The topological polar surface area (TPSA) is 56.7 Å². The molecule has 3 heterocycles. The molecule has 0 fully saturated rings. The van der Waals surface area contributed by atoms with Gasteiger partial charge >= 0.3 is 0 Å². The standard InChI is InChI=1S/C45H30N4O/c1-3-11-29(12-4-1)30-19-21-32(22-20-30)44-46-43(31-13-5-2-6-14-31)47-45(48-44)33-23-25-37-38-26-24-34(28-42(38)50-41(37)27-33)49-39-17-9-7-15-35(39)36-16-8-10-18-40(36)49/h1-22,24-28,33H,23H2. The summed E-state index contributed by atoms with van der Waals surface area (Å²) in [5.74, 6) is 1.99. The maximum atomic E-state index is 6.62. The molecule has 1 atom stereocenters. The second-order valence-electron chi connectivity index (χ2n) is 12.8. The molecule has 6 aromatic carbocycles. The maximum Gasteiger partial charge on any atom is 0.163 e. The van der Waals surface area contributed by atoms with E-state index < -0.39 is 0 Å². The summed E-state index contributed by atoms with van der Waals surface area (Å²) in [6.07, 6.45) is 5.22. The quantitative estimate of drug-likeness (QED) is 0.188. The lowest BCUT2D eigenvalue weighted by molar-refractivity contribution is 0.567. The molecular formula is C45H30N4O. The summed E-state index contributed by atoms with van der Waals surface area (Å²) in [7, 11) is 0. The summed E-state index contributed by atoms with van der Waals surface area (Å²) in [5.41, 5.74) is 9.39. The van der Waals surface area contributed by atoms with Gasteiger partial charge < -0.3 is 8.98 Å². The smallest absolute Gasteiger partial charge is 0.163 e. The molecule has 5 nitrogen and oxygen atoms in total. The first-order chi connectivity index (χ1) is 24.8. The van der Waals surface area contributed by atoms with Crippen LogP contribution in [-0.2, 0) is 0 Å². The molecule has 0 N–H and O–H groups in total. The summed E-state index contributed by atoms with van der Waals surface area (Å²) in [5, 5.41) is 4.72. The fourth-order valence-corrected chi connectivity index (χ4v) is 7.32. The molecule has 0 saturated heterocycles. The van der Waals surface area contributed by atoms with Gasteiger partial charge in [-0.15, -0.1) is 0 Å². The highest BCUT2D eigenvalue weighted by Crippen LogP contribution is 2.33. The van der Waals surface area contributed by atoms with Crippen LogP contribution in [0.5, 0.6) is 0 Å². The fraction of sp³-hybridized carbons (Fsp3) is 0.0444. The predicted octanol–water partition coefficient (Wildman–Crippen LogP) is 9.46. The lowest BCUT2D eigenvalue weighted by Gasteiger charge is -2.14. The normalized spacial score (nSPS) is 14.0. The predicted molar refractivity (Wildman–Crippen MR) is 202 cm³/mol. The van der Waals surface area contributed by atoms with Crippen LogP contribution in [-0.4, -0.2) is 19.5 Å². The molecule has 0 radical (unpaired) electrons. The molecule has 0 spiro atoms. The molecule has 1 aliphatic rings. The van der Waals surface area contributed by atoms with Gasteiger partial charge in [-0.2, -0.15) is 0 Å². The van der Waals surface area contributed by atoms with Crippen molar-refractivity contribution >= 4 is 44.9 Å². The SMILES string of the molecule is C1=c2oc3cc(-n4c5ccccc5c5ccccc54)ccc3c2=CCC1c1nc(-c2ccccc2)nc(-c2ccc(-c3ccccc3)cc2)n1. The summed E-state index contributed by atoms with van der Waals surface area (Å²) >= 11 is 0. The van der Waals surface area contributed by atoms with Gasteiger partial charge in [-0.3, -0.25) is 0 Å². The number of para-hydroxylation sites is 2. The summed E-state index contributed by atoms with van der Waals surface area (Å²) in [4.78, 5) is 15.1. The monoisotopic (exact) mass is 642 g/mol. The first-order valence-electron chi connectivity index (χ1n) is 17.0. The van der Waals surface area contributed by atoms with Crippen molar-refractivity contribution in [3.8, 4) is 39.6 Å². The number of hydrogen-bond donors (Lipinski definition) is 0. The van der Waals surface area contributed by atoms with Crippen molar-refractivity contribution in [3.05, 3.63) is 168 Å². The van der Waals surface area contributed by atoms with E-state index in [9.17, 15) is 0 Å². The van der Waals surface area contributed by atoms with Crippen LogP contribution < -0.4 is 10.6 Å². The molecule has 1 aliphatic carbocycles. The van der Waals surface area contributed by atoms with E-state index in [2.05, 4.69) is 132 Å². The molecule has 0 amide bonds. The molecule has 0 bridgehead atoms. The maximum absolute atomic E-state index is 6.62. The van der Waals surface area contributed by atoms with Gasteiger partial charge in [0.25, 0.3) is 0 Å². The van der Waals surface area contributed by atoms with Gasteiger partial charge in [-0.25, -0.2) is 15.0 Å². The summed E-state index contributed by atoms with van der Waals surface area (Å²) in [6, 6.07) is 52.7. The number of fused-ring (bicyclic) bond motifs is 6. The molecular weight excluding hydrogens is 613 g/mol. The van der Waals surface area contributed by atoms with E-state index in [1.165, 1.54) is 27.4 Å². The average Bonchev–Trinajstić information content (AvgIpc) is 3.73. The third-order valence-corrected chi connectivity index (χ3v) is 9.77. The van der Waals surface area contributed by atoms with Crippen LogP contribution in [0.2, 0.25) is 0 Å². The highest BCUT2D eigenvalue weighted by Gasteiger charge is 2.21. The Labute approximate surface area is 288 Å². The molecule has 0 aliphatic heterocycles. The lowest BCUT2D eigenvalue weighted by Crippen LogP contribution is -2.25. The van der Waals surface area contributed by atoms with Crippen molar-refractivity contribution < 1.29 is 4.42 Å². The largest absolute Gasteiger partial charge is 0.456 e. The van der Waals surface area contributed by atoms with Gasteiger partial charge in [0.15, 0.2) is 11.6 Å². The van der Waals surface area contributed by atoms with Crippen LogP contribution in [0, 0.1) is 0 Å². The number of furan rings is 1. The minimum Gasteiger partial charge on any atom is -0.456 e. The van der Waals surface area contributed by atoms with E-state index in [1.807, 2.05) is 36.4 Å². The molecule has 9 aromatic rings. The van der Waals surface area contributed by atoms with Crippen molar-refractivity contribution in [2.75, 3.05) is 0 Å². The fourth-order valence-electron chi connectivity index (χ4n) is 7.32. The molecule has 50 heavy (non-hydrogen) atoms. The highest BCUT2D eigenvalue weighted by atomic mass is 16.3. The van der Waals surface area contributed by atoms with Crippen LogP contribution in [0.1, 0.15) is 18.2 Å². The lowest BCUT2D eigenvalue weighted by atomic mass is 9.98. The van der Waals surface area contributed by atoms with Crippen LogP contribution in [0.15, 0.2) is 156 Å². The zero-order valence-electron chi connectivity index (χ0n) is 27.1. The van der Waals surface area contributed by atoms with Crippen molar-refractivity contribution in [2.24, 2.45) is 0 Å². The molecule has 10 rings (SSSR count). The van der Waals surface area contributed by atoms with E-state index in [4.69, 9.17) is 19.4 Å². The Bertz CT molecular complexity index is 2780. The number of nitrogens with zero attached hydrogens (tertiary/aromatic N) is 4. The molecule has 1 unspecified atom stereocenters. The third-order valence-electron chi connectivity index (χ3n) is 9.77. The molecule has 5 heteroatoms. The van der Waals surface area contributed by atoms with Gasteiger partial charge in [-0.05, 0) is 47.9 Å². The second kappa shape index (κ2) is 11.5. The highest BCUT2D eigenvalue weighted by molar-refractivity contribution is 6.09. The van der Waals surface area contributed by atoms with E-state index in [0.29, 0.717) is 11.6 Å². The van der Waals surface area contributed by atoms with Gasteiger partial charge in [0, 0.05) is 50.2 Å². The van der Waals surface area contributed by atoms with Crippen molar-refractivity contribution in [3.63, 3.8) is 0 Å². The molecule has 236 valence electrons. The third kappa shape index (κ3) is 4.74. The minimum absolute atomic E-state index is 0.0623. The molecule has 0 saturated carbocycles. The van der Waals surface area contributed by atoms with Gasteiger partial charge in [-0.1, -0.05) is 127 Å². The van der Waals surface area contributed by atoms with Crippen molar-refractivity contribution in [1.82, 2.24) is 19.5 Å². The van der Waals surface area contributed by atoms with E-state index in [0.717, 1.165) is 56.2 Å². The minimum atomic E-state index is -0.0623. The Morgan fingerprint density at radius 2 is 1.08 bits per heavy atom. The Morgan fingerprint density at radius 3 is 1.76 bits per heavy atom. The second-order valence-corrected chi connectivity index (χ2v) is 12.8. The average molecular weight is 643 g/mol. The Balaban J connectivity index is 1.07. The van der Waals surface area contributed by atoms with Gasteiger partial charge in [0.05, 0.1) is 11.0 Å². The Hall–Kier alpha value is -6.59. The zero-order chi connectivity index (χ0) is 33.0. The van der Waals surface area contributed by atoms with E-state index >= 15 is 0 Å². The number of rotatable bonds is 5. The number of benzene rings is 6. The zero-order valence-corrected chi connectivity index (χ0v) is 27.1. The number of hydrogen-bond acceptors (Lipinski definition) is 4. The first-order valence-corrected chi connectivity index (χ1v) is 17.0. The Kier molecular flexibility index (Phi) is 6.56. The molecule has 3 aromatic heterocycles. The van der Waals surface area contributed by atoms with Gasteiger partial charge in [0.1, 0.15) is 16.8 Å². The van der Waals surface area contributed by atoms with Crippen LogP contribution in [0.3, 0.4) is 0 Å². The van der Waals surface area contributed by atoms with Gasteiger partial charge in [0.2, 0.25) is 0 Å². The van der Waals surface area contributed by atoms with Crippen LogP contribution in [0.25, 0.3) is 84.5 Å². The Morgan fingerprint density at radius 1 is 0.520 bits per heavy atom. The first kappa shape index (κ1) is 28.4. The van der Waals surface area contributed by atoms with Crippen molar-refractivity contribution in [2.45, 2.75) is 12.3 Å².